The van der Waals surface area contributed by atoms with Gasteiger partial charge in [0.2, 0.25) is 0 Å². The third kappa shape index (κ3) is 4.00. The first-order chi connectivity index (χ1) is 12.1. The van der Waals surface area contributed by atoms with Gasteiger partial charge in [0.05, 0.1) is 12.0 Å². The highest BCUT2D eigenvalue weighted by atomic mass is 32.2. The summed E-state index contributed by atoms with van der Waals surface area (Å²) in [5.74, 6) is 0.921. The minimum Gasteiger partial charge on any atom is -0.493 e. The van der Waals surface area contributed by atoms with E-state index < -0.39 is 11.0 Å². The van der Waals surface area contributed by atoms with Gasteiger partial charge in [-0.2, -0.15) is 0 Å². The van der Waals surface area contributed by atoms with E-state index in [4.69, 9.17) is 10.5 Å². The molecule has 0 amide bonds. The number of pyridine rings is 1. The molecule has 134 valence electrons. The number of hydrogen-bond acceptors (Lipinski definition) is 5. The fraction of sp³-hybridized carbons (Fsp3) is 0.389. The van der Waals surface area contributed by atoms with Gasteiger partial charge in [0.25, 0.3) is 0 Å². The first-order valence-corrected chi connectivity index (χ1v) is 9.47. The molecule has 2 aromatic rings. The summed E-state index contributed by atoms with van der Waals surface area (Å²) in [5, 5.41) is 3.28. The van der Waals surface area contributed by atoms with Crippen molar-refractivity contribution in [2.75, 3.05) is 33.0 Å². The van der Waals surface area contributed by atoms with Crippen LogP contribution in [0.2, 0.25) is 0 Å². The summed E-state index contributed by atoms with van der Waals surface area (Å²) in [6, 6.07) is 10.0. The van der Waals surface area contributed by atoms with E-state index in [0.717, 1.165) is 42.0 Å². The van der Waals surface area contributed by atoms with Crippen LogP contribution in [0, 0.1) is 0 Å². The molecule has 1 saturated heterocycles. The Kier molecular flexibility index (Phi) is 5.67. The van der Waals surface area contributed by atoms with Crippen LogP contribution in [-0.4, -0.2) is 46.8 Å². The quantitative estimate of drug-likeness (QED) is 0.853. The molecule has 2 heterocycles. The molecule has 2 atom stereocenters. The maximum Gasteiger partial charge on any atom is 0.166 e. The number of nitrogens with zero attached hydrogens (tertiary/aromatic N) is 2. The zero-order chi connectivity index (χ0) is 17.8. The third-order valence-corrected chi connectivity index (χ3v) is 5.99. The Morgan fingerprint density at radius 3 is 2.76 bits per heavy atom. The van der Waals surface area contributed by atoms with Gasteiger partial charge in [0, 0.05) is 30.9 Å². The summed E-state index contributed by atoms with van der Waals surface area (Å²) in [7, 11) is 2.40. The van der Waals surface area contributed by atoms with E-state index in [-0.39, 0.29) is 0 Å². The summed E-state index contributed by atoms with van der Waals surface area (Å²) in [6.45, 7) is 1.68. The van der Waals surface area contributed by atoms with E-state index >= 15 is 0 Å². The lowest BCUT2D eigenvalue weighted by Crippen LogP contribution is -2.44. The highest BCUT2D eigenvalue weighted by molar-refractivity contribution is 7.82. The number of nitrogen functional groups attached to an aromatic ring is 1. The van der Waals surface area contributed by atoms with Crippen LogP contribution in [0.4, 0.5) is 5.82 Å². The maximum absolute atomic E-state index is 12.8. The highest BCUT2D eigenvalue weighted by Gasteiger charge is 2.23. The van der Waals surface area contributed by atoms with Crippen molar-refractivity contribution in [1.82, 2.24) is 14.6 Å². The first-order valence-electron chi connectivity index (χ1n) is 8.36. The van der Waals surface area contributed by atoms with Crippen LogP contribution in [0.5, 0.6) is 5.75 Å². The minimum absolute atomic E-state index is 0.369. The molecule has 0 saturated carbocycles. The Balaban J connectivity index is 1.77. The molecule has 3 N–H and O–H groups in total. The van der Waals surface area contributed by atoms with Crippen molar-refractivity contribution in [3.8, 4) is 16.9 Å². The molecule has 1 aliphatic rings. The minimum atomic E-state index is -1.13. The molecule has 6 nitrogen and oxygen atoms in total. The largest absolute Gasteiger partial charge is 0.493 e. The van der Waals surface area contributed by atoms with E-state index in [9.17, 15) is 4.21 Å². The molecule has 0 aliphatic carbocycles. The van der Waals surface area contributed by atoms with Crippen molar-refractivity contribution in [3.63, 3.8) is 0 Å². The number of aromatic nitrogens is 1. The van der Waals surface area contributed by atoms with Crippen molar-refractivity contribution in [2.45, 2.75) is 23.8 Å². The van der Waals surface area contributed by atoms with Gasteiger partial charge in [0.1, 0.15) is 11.0 Å². The van der Waals surface area contributed by atoms with Crippen molar-refractivity contribution >= 4 is 16.8 Å². The van der Waals surface area contributed by atoms with Crippen molar-refractivity contribution in [3.05, 3.63) is 36.5 Å². The lowest BCUT2D eigenvalue weighted by atomic mass is 10.1. The van der Waals surface area contributed by atoms with Crippen LogP contribution >= 0.6 is 0 Å². The lowest BCUT2D eigenvalue weighted by Gasteiger charge is -2.31. The van der Waals surface area contributed by atoms with Crippen LogP contribution in [0.1, 0.15) is 12.8 Å². The molecule has 0 radical (unpaired) electrons. The van der Waals surface area contributed by atoms with Crippen LogP contribution < -0.4 is 15.8 Å². The second kappa shape index (κ2) is 7.95. The van der Waals surface area contributed by atoms with Gasteiger partial charge in [0.15, 0.2) is 11.6 Å². The van der Waals surface area contributed by atoms with E-state index in [1.165, 1.54) is 0 Å². The highest BCUT2D eigenvalue weighted by Crippen LogP contribution is 2.27. The monoisotopic (exact) mass is 360 g/mol. The average molecular weight is 360 g/mol. The molecule has 1 aromatic heterocycles. The predicted octanol–water partition coefficient (Wildman–Crippen LogP) is 2.05. The normalized spacial score (nSPS) is 19.5. The first kappa shape index (κ1) is 17.8. The van der Waals surface area contributed by atoms with Gasteiger partial charge >= 0.3 is 0 Å². The Morgan fingerprint density at radius 1 is 1.32 bits per heavy atom. The van der Waals surface area contributed by atoms with Crippen LogP contribution in [0.25, 0.3) is 11.1 Å². The molecule has 1 fully saturated rings. The van der Waals surface area contributed by atoms with Gasteiger partial charge in [-0.15, -0.1) is 0 Å². The molecule has 1 aromatic carbocycles. The molecule has 3 rings (SSSR count). The van der Waals surface area contributed by atoms with Crippen molar-refractivity contribution < 1.29 is 8.95 Å². The fourth-order valence-electron chi connectivity index (χ4n) is 3.02. The van der Waals surface area contributed by atoms with Gasteiger partial charge in [-0.1, -0.05) is 12.1 Å². The van der Waals surface area contributed by atoms with Gasteiger partial charge < -0.3 is 15.8 Å². The Morgan fingerprint density at radius 2 is 2.08 bits per heavy atom. The summed E-state index contributed by atoms with van der Waals surface area (Å²) in [4.78, 5) is 4.97. The summed E-state index contributed by atoms with van der Waals surface area (Å²) >= 11 is 0. The van der Waals surface area contributed by atoms with E-state index in [1.54, 1.807) is 13.3 Å². The SMILES string of the molecule is CN[C@@H]1CCCN(S(=O)c2ccc(-c3cnc(N)c(OC)c3)cc2)C1. The number of methoxy groups -OCH3 is 1. The predicted molar refractivity (Wildman–Crippen MR) is 101 cm³/mol. The number of likely N-dealkylation sites (N-methyl/N-ethyl adjacent to an activating group) is 1. The molecule has 7 heteroatoms. The number of nitrogens with one attached hydrogen (secondary N) is 1. The Bertz CT molecular complexity index is 751. The standard InChI is InChI=1S/C18H24N4O2S/c1-20-15-4-3-9-22(12-15)25(23)16-7-5-13(6-8-16)14-10-17(24-2)18(19)21-11-14/h5-8,10-11,15,20H,3-4,9,12H2,1-2H3,(H2,19,21)/t15-,25?/m1/s1. The second-order valence-electron chi connectivity index (χ2n) is 6.10. The zero-order valence-corrected chi connectivity index (χ0v) is 15.4. The van der Waals surface area contributed by atoms with Crippen LogP contribution in [0.3, 0.4) is 0 Å². The average Bonchev–Trinajstić information content (AvgIpc) is 2.68. The molecular formula is C18H24N4O2S. The molecule has 1 aliphatic heterocycles. The molecule has 25 heavy (non-hydrogen) atoms. The van der Waals surface area contributed by atoms with E-state index in [1.807, 2.05) is 41.7 Å². The number of rotatable bonds is 5. The number of ether oxygens (including phenoxy) is 1. The summed E-state index contributed by atoms with van der Waals surface area (Å²) in [6.07, 6.45) is 3.91. The Labute approximate surface area is 151 Å². The third-order valence-electron chi connectivity index (χ3n) is 4.52. The summed E-state index contributed by atoms with van der Waals surface area (Å²) < 4.78 is 20.1. The topological polar surface area (TPSA) is 80.5 Å². The van der Waals surface area contributed by atoms with Crippen LogP contribution in [-0.2, 0) is 11.0 Å². The maximum atomic E-state index is 12.8. The van der Waals surface area contributed by atoms with Crippen LogP contribution in [0.15, 0.2) is 41.4 Å². The Hall–Kier alpha value is -1.96. The number of hydrogen-bond donors (Lipinski definition) is 2. The molecular weight excluding hydrogens is 336 g/mol. The fourth-order valence-corrected chi connectivity index (χ4v) is 4.30. The van der Waals surface area contributed by atoms with E-state index in [0.29, 0.717) is 17.6 Å². The van der Waals surface area contributed by atoms with E-state index in [2.05, 4.69) is 10.3 Å². The number of benzene rings is 1. The smallest absolute Gasteiger partial charge is 0.166 e. The van der Waals surface area contributed by atoms with Gasteiger partial charge in [-0.25, -0.2) is 13.5 Å². The number of nitrogens with two attached hydrogens (primary N) is 1. The zero-order valence-electron chi connectivity index (χ0n) is 14.6. The molecule has 0 bridgehead atoms. The molecule has 0 spiro atoms. The summed E-state index contributed by atoms with van der Waals surface area (Å²) in [5.41, 5.74) is 7.66. The second-order valence-corrected chi connectivity index (χ2v) is 7.59. The number of piperidine rings is 1. The van der Waals surface area contributed by atoms with Crippen molar-refractivity contribution in [2.24, 2.45) is 0 Å². The van der Waals surface area contributed by atoms with Gasteiger partial charge in [-0.05, 0) is 43.7 Å². The number of anilines is 1. The molecule has 1 unspecified atom stereocenters. The lowest BCUT2D eigenvalue weighted by molar-refractivity contribution is 0.304. The van der Waals surface area contributed by atoms with Gasteiger partial charge in [-0.3, -0.25) is 0 Å². The van der Waals surface area contributed by atoms with Crippen molar-refractivity contribution in [1.29, 1.82) is 0 Å².